The Labute approximate surface area is 146 Å². The van der Waals surface area contributed by atoms with E-state index in [2.05, 4.69) is 5.32 Å². The van der Waals surface area contributed by atoms with Gasteiger partial charge in [0.1, 0.15) is 17.1 Å². The molecule has 0 saturated carbocycles. The van der Waals surface area contributed by atoms with Crippen molar-refractivity contribution in [1.82, 2.24) is 5.32 Å². The van der Waals surface area contributed by atoms with E-state index in [-0.39, 0.29) is 11.9 Å². The van der Waals surface area contributed by atoms with E-state index in [1.54, 1.807) is 12.1 Å². The lowest BCUT2D eigenvalue weighted by Crippen LogP contribution is -2.26. The number of ether oxygens (including phenoxy) is 3. The fourth-order valence-corrected chi connectivity index (χ4v) is 3.05. The van der Waals surface area contributed by atoms with Crippen molar-refractivity contribution < 1.29 is 23.8 Å². The smallest absolute Gasteiger partial charge is 0.341 e. The van der Waals surface area contributed by atoms with Gasteiger partial charge in [-0.05, 0) is 30.0 Å². The van der Waals surface area contributed by atoms with E-state index in [4.69, 9.17) is 14.2 Å². The van der Waals surface area contributed by atoms with Crippen molar-refractivity contribution in [2.45, 2.75) is 25.3 Å². The lowest BCUT2D eigenvalue weighted by Gasteiger charge is -2.14. The second kappa shape index (κ2) is 7.42. The van der Waals surface area contributed by atoms with E-state index in [1.165, 1.54) is 14.2 Å². The Morgan fingerprint density at radius 1 is 1.24 bits per heavy atom. The van der Waals surface area contributed by atoms with Crippen LogP contribution in [0.15, 0.2) is 30.3 Å². The zero-order valence-electron chi connectivity index (χ0n) is 14.3. The van der Waals surface area contributed by atoms with Gasteiger partial charge in [0.25, 0.3) is 0 Å². The lowest BCUT2D eigenvalue weighted by molar-refractivity contribution is -0.119. The molecule has 3 rings (SSSR count). The molecule has 2 aromatic rings. The highest BCUT2D eigenvalue weighted by molar-refractivity contribution is 6.00. The van der Waals surface area contributed by atoms with Crippen LogP contribution in [0.25, 0.3) is 10.8 Å². The fraction of sp³-hybridized carbons (Fsp3) is 0.368. The van der Waals surface area contributed by atoms with E-state index in [0.717, 1.165) is 29.4 Å². The molecule has 0 aliphatic carbocycles. The number of hydrogen-bond donors (Lipinski definition) is 1. The fourth-order valence-electron chi connectivity index (χ4n) is 3.05. The molecule has 0 spiro atoms. The van der Waals surface area contributed by atoms with Crippen molar-refractivity contribution in [3.63, 3.8) is 0 Å². The summed E-state index contributed by atoms with van der Waals surface area (Å²) in [4.78, 5) is 23.1. The van der Waals surface area contributed by atoms with Gasteiger partial charge in [-0.3, -0.25) is 4.79 Å². The Hall–Kier alpha value is -2.76. The van der Waals surface area contributed by atoms with Crippen LogP contribution in [0.5, 0.6) is 11.5 Å². The first-order valence-corrected chi connectivity index (χ1v) is 8.23. The van der Waals surface area contributed by atoms with Gasteiger partial charge >= 0.3 is 5.97 Å². The second-order valence-electron chi connectivity index (χ2n) is 5.96. The summed E-state index contributed by atoms with van der Waals surface area (Å²) >= 11 is 0. The standard InChI is InChI=1S/C19H21NO5/c1-23-17-11-14-12(10-15(17)19(22)24-2)4-3-5-16(14)25-9-8-13-6-7-18(21)20-13/h3-5,10-11,13H,6-9H2,1-2H3,(H,20,21)/t13-/m0/s1. The van der Waals surface area contributed by atoms with Gasteiger partial charge < -0.3 is 19.5 Å². The average Bonchev–Trinajstić information content (AvgIpc) is 3.05. The monoisotopic (exact) mass is 343 g/mol. The van der Waals surface area contributed by atoms with Crippen molar-refractivity contribution in [2.75, 3.05) is 20.8 Å². The first kappa shape index (κ1) is 17.1. The Bertz CT molecular complexity index is 802. The Kier molecular flexibility index (Phi) is 5.07. The molecule has 0 aromatic heterocycles. The molecule has 25 heavy (non-hydrogen) atoms. The molecular weight excluding hydrogens is 322 g/mol. The van der Waals surface area contributed by atoms with E-state index in [9.17, 15) is 9.59 Å². The normalized spacial score (nSPS) is 16.6. The van der Waals surface area contributed by atoms with Crippen molar-refractivity contribution in [1.29, 1.82) is 0 Å². The largest absolute Gasteiger partial charge is 0.496 e. The zero-order valence-corrected chi connectivity index (χ0v) is 14.3. The van der Waals surface area contributed by atoms with Crippen LogP contribution in [0.1, 0.15) is 29.6 Å². The third-order valence-corrected chi connectivity index (χ3v) is 4.37. The molecule has 1 N–H and O–H groups in total. The average molecular weight is 343 g/mol. The molecule has 0 unspecified atom stereocenters. The molecule has 0 bridgehead atoms. The number of methoxy groups -OCH3 is 2. The van der Waals surface area contributed by atoms with Crippen molar-refractivity contribution >= 4 is 22.6 Å². The Morgan fingerprint density at radius 2 is 2.08 bits per heavy atom. The quantitative estimate of drug-likeness (QED) is 0.816. The third-order valence-electron chi connectivity index (χ3n) is 4.37. The zero-order chi connectivity index (χ0) is 17.8. The van der Waals surface area contributed by atoms with Crippen LogP contribution in [0.4, 0.5) is 0 Å². The number of fused-ring (bicyclic) bond motifs is 1. The third kappa shape index (κ3) is 3.68. The number of rotatable bonds is 6. The van der Waals surface area contributed by atoms with Gasteiger partial charge in [0, 0.05) is 24.3 Å². The van der Waals surface area contributed by atoms with Crippen LogP contribution in [0, 0.1) is 0 Å². The van der Waals surface area contributed by atoms with Crippen molar-refractivity contribution in [3.05, 3.63) is 35.9 Å². The molecule has 2 aromatic carbocycles. The molecule has 6 heteroatoms. The topological polar surface area (TPSA) is 73.9 Å². The molecule has 6 nitrogen and oxygen atoms in total. The van der Waals surface area contributed by atoms with Gasteiger partial charge in [-0.15, -0.1) is 0 Å². The summed E-state index contributed by atoms with van der Waals surface area (Å²) in [5, 5.41) is 4.66. The SMILES string of the molecule is COC(=O)c1cc2cccc(OCC[C@@H]3CCC(=O)N3)c2cc1OC. The minimum atomic E-state index is -0.443. The Balaban J connectivity index is 1.81. The molecule has 1 fully saturated rings. The number of amides is 1. The summed E-state index contributed by atoms with van der Waals surface area (Å²) < 4.78 is 16.0. The molecule has 132 valence electrons. The first-order valence-electron chi connectivity index (χ1n) is 8.23. The van der Waals surface area contributed by atoms with Crippen LogP contribution in [0.2, 0.25) is 0 Å². The number of esters is 1. The molecule has 1 aliphatic heterocycles. The second-order valence-corrected chi connectivity index (χ2v) is 5.96. The van der Waals surface area contributed by atoms with Crippen LogP contribution in [-0.4, -0.2) is 38.7 Å². The summed E-state index contributed by atoms with van der Waals surface area (Å²) in [5.41, 5.74) is 0.378. The minimum absolute atomic E-state index is 0.107. The molecule has 0 radical (unpaired) electrons. The number of hydrogen-bond acceptors (Lipinski definition) is 5. The van der Waals surface area contributed by atoms with Gasteiger partial charge in [0.2, 0.25) is 5.91 Å². The predicted molar refractivity (Wildman–Crippen MR) is 93.1 cm³/mol. The molecular formula is C19H21NO5. The van der Waals surface area contributed by atoms with Crippen LogP contribution in [-0.2, 0) is 9.53 Å². The van der Waals surface area contributed by atoms with Crippen LogP contribution in [0.3, 0.4) is 0 Å². The minimum Gasteiger partial charge on any atom is -0.496 e. The molecule has 1 atom stereocenters. The van der Waals surface area contributed by atoms with E-state index in [1.807, 2.05) is 18.2 Å². The van der Waals surface area contributed by atoms with Gasteiger partial charge in [0.05, 0.1) is 20.8 Å². The summed E-state index contributed by atoms with van der Waals surface area (Å²) in [6, 6.07) is 9.38. The van der Waals surface area contributed by atoms with Crippen LogP contribution < -0.4 is 14.8 Å². The highest BCUT2D eigenvalue weighted by atomic mass is 16.5. The maximum absolute atomic E-state index is 11.9. The maximum Gasteiger partial charge on any atom is 0.341 e. The summed E-state index contributed by atoms with van der Waals surface area (Å²) in [6.07, 6.45) is 2.21. The van der Waals surface area contributed by atoms with Gasteiger partial charge in [-0.25, -0.2) is 4.79 Å². The van der Waals surface area contributed by atoms with Crippen molar-refractivity contribution in [3.8, 4) is 11.5 Å². The maximum atomic E-state index is 11.9. The summed E-state index contributed by atoms with van der Waals surface area (Å²) in [7, 11) is 2.85. The summed E-state index contributed by atoms with van der Waals surface area (Å²) in [6.45, 7) is 0.505. The van der Waals surface area contributed by atoms with E-state index >= 15 is 0 Å². The highest BCUT2D eigenvalue weighted by Crippen LogP contribution is 2.32. The molecule has 1 heterocycles. The van der Waals surface area contributed by atoms with E-state index in [0.29, 0.717) is 24.3 Å². The number of carbonyl (C=O) groups excluding carboxylic acids is 2. The lowest BCUT2D eigenvalue weighted by atomic mass is 10.0. The molecule has 1 aliphatic rings. The van der Waals surface area contributed by atoms with Gasteiger partial charge in [-0.2, -0.15) is 0 Å². The first-order chi connectivity index (χ1) is 12.1. The Morgan fingerprint density at radius 3 is 2.76 bits per heavy atom. The number of benzene rings is 2. The predicted octanol–water partition coefficient (Wildman–Crippen LogP) is 2.68. The van der Waals surface area contributed by atoms with Gasteiger partial charge in [-0.1, -0.05) is 12.1 Å². The number of nitrogens with one attached hydrogen (secondary N) is 1. The highest BCUT2D eigenvalue weighted by Gasteiger charge is 2.20. The van der Waals surface area contributed by atoms with Crippen LogP contribution >= 0.6 is 0 Å². The number of carbonyl (C=O) groups is 2. The summed E-state index contributed by atoms with van der Waals surface area (Å²) in [5.74, 6) is 0.826. The van der Waals surface area contributed by atoms with E-state index < -0.39 is 5.97 Å². The van der Waals surface area contributed by atoms with Crippen molar-refractivity contribution in [2.24, 2.45) is 0 Å². The van der Waals surface area contributed by atoms with Gasteiger partial charge in [0.15, 0.2) is 0 Å². The molecule has 1 amide bonds. The molecule has 1 saturated heterocycles.